The van der Waals surface area contributed by atoms with Gasteiger partial charge in [0.2, 0.25) is 0 Å². The summed E-state index contributed by atoms with van der Waals surface area (Å²) >= 11 is 0. The highest BCUT2D eigenvalue weighted by Gasteiger charge is 2.52. The van der Waals surface area contributed by atoms with Crippen molar-refractivity contribution in [1.82, 2.24) is 19.9 Å². The summed E-state index contributed by atoms with van der Waals surface area (Å²) in [5, 5.41) is 0. The number of carbonyl (C=O) groups excluding carboxylic acids is 1. The Morgan fingerprint density at radius 2 is 1.83 bits per heavy atom. The van der Waals surface area contributed by atoms with Gasteiger partial charge < -0.3 is 9.80 Å². The number of fused-ring (bicyclic) bond motifs is 3. The molecule has 2 aliphatic rings. The zero-order chi connectivity index (χ0) is 20.0. The summed E-state index contributed by atoms with van der Waals surface area (Å²) in [7, 11) is 1.81. The lowest BCUT2D eigenvalue weighted by atomic mass is 9.89. The highest BCUT2D eigenvalue weighted by Crippen LogP contribution is 2.46. The SMILES string of the molecule is CC[C@@]12CCCN1c1nc(-c3nccnc3-c3ccccc3)ncc1N(C)C2=O. The fourth-order valence-corrected chi connectivity index (χ4v) is 4.57. The van der Waals surface area contributed by atoms with E-state index in [1.807, 2.05) is 37.4 Å². The summed E-state index contributed by atoms with van der Waals surface area (Å²) in [6.45, 7) is 2.90. The number of carbonyl (C=O) groups is 1. The van der Waals surface area contributed by atoms with Crippen LogP contribution in [0.25, 0.3) is 22.8 Å². The zero-order valence-electron chi connectivity index (χ0n) is 16.5. The predicted octanol–water partition coefficient (Wildman–Crippen LogP) is 3.33. The number of likely N-dealkylation sites (N-methyl/N-ethyl adjacent to an activating group) is 1. The molecule has 0 saturated carbocycles. The van der Waals surface area contributed by atoms with Crippen LogP contribution >= 0.6 is 0 Å². The van der Waals surface area contributed by atoms with Gasteiger partial charge in [-0.25, -0.2) is 15.0 Å². The standard InChI is InChI=1S/C22H22N6O/c1-3-22-10-7-13-28(22)20-16(27(2)21(22)29)14-25-19(26-20)18-17(23-11-12-24-18)15-8-5-4-6-9-15/h4-6,8-9,11-12,14H,3,7,10,13H2,1-2H3/t22-/m0/s1. The molecule has 0 unspecified atom stereocenters. The minimum absolute atomic E-state index is 0.130. The van der Waals surface area contributed by atoms with Gasteiger partial charge in [-0.1, -0.05) is 37.3 Å². The number of hydrogen-bond donors (Lipinski definition) is 0. The Kier molecular flexibility index (Phi) is 4.04. The normalized spacial score (nSPS) is 20.6. The van der Waals surface area contributed by atoms with Crippen molar-refractivity contribution in [3.63, 3.8) is 0 Å². The summed E-state index contributed by atoms with van der Waals surface area (Å²) < 4.78 is 0. The first-order valence-electron chi connectivity index (χ1n) is 9.95. The van der Waals surface area contributed by atoms with Crippen LogP contribution in [0, 0.1) is 0 Å². The molecule has 3 aromatic rings. The van der Waals surface area contributed by atoms with E-state index in [0.717, 1.165) is 48.6 Å². The van der Waals surface area contributed by atoms with E-state index in [4.69, 9.17) is 4.98 Å². The van der Waals surface area contributed by atoms with Gasteiger partial charge in [-0.2, -0.15) is 0 Å². The van der Waals surface area contributed by atoms with Crippen molar-refractivity contribution in [2.45, 2.75) is 31.7 Å². The van der Waals surface area contributed by atoms with E-state index in [1.165, 1.54) is 0 Å². The van der Waals surface area contributed by atoms with Gasteiger partial charge in [-0.15, -0.1) is 0 Å². The van der Waals surface area contributed by atoms with E-state index in [0.29, 0.717) is 11.5 Å². The van der Waals surface area contributed by atoms with Crippen molar-refractivity contribution in [1.29, 1.82) is 0 Å². The third-order valence-corrected chi connectivity index (χ3v) is 6.10. The lowest BCUT2D eigenvalue weighted by Gasteiger charge is -2.45. The molecule has 1 atom stereocenters. The molecular formula is C22H22N6O. The Bertz CT molecular complexity index is 1090. The van der Waals surface area contributed by atoms with Gasteiger partial charge in [0, 0.05) is 31.5 Å². The number of amides is 1. The van der Waals surface area contributed by atoms with Gasteiger partial charge in [0.05, 0.1) is 11.9 Å². The maximum atomic E-state index is 13.1. The van der Waals surface area contributed by atoms with Gasteiger partial charge in [0.25, 0.3) is 5.91 Å². The molecule has 0 bridgehead atoms. The molecule has 1 aromatic carbocycles. The molecule has 0 N–H and O–H groups in total. The second-order valence-corrected chi connectivity index (χ2v) is 7.53. The molecule has 146 valence electrons. The fraction of sp³-hybridized carbons (Fsp3) is 0.318. The minimum atomic E-state index is -0.502. The lowest BCUT2D eigenvalue weighted by Crippen LogP contribution is -2.59. The Morgan fingerprint density at radius 1 is 1.07 bits per heavy atom. The molecule has 4 heterocycles. The van der Waals surface area contributed by atoms with E-state index in [2.05, 4.69) is 26.8 Å². The number of anilines is 2. The first-order valence-corrected chi connectivity index (χ1v) is 9.95. The van der Waals surface area contributed by atoms with Crippen molar-refractivity contribution in [3.8, 4) is 22.8 Å². The van der Waals surface area contributed by atoms with Crippen LogP contribution in [0.4, 0.5) is 11.5 Å². The molecule has 0 spiro atoms. The van der Waals surface area contributed by atoms with Crippen LogP contribution in [0.1, 0.15) is 26.2 Å². The zero-order valence-corrected chi connectivity index (χ0v) is 16.5. The summed E-state index contributed by atoms with van der Waals surface area (Å²) in [5.74, 6) is 1.46. The van der Waals surface area contributed by atoms with Crippen LogP contribution in [-0.2, 0) is 4.79 Å². The Morgan fingerprint density at radius 3 is 2.59 bits per heavy atom. The topological polar surface area (TPSA) is 75.1 Å². The molecule has 0 radical (unpaired) electrons. The van der Waals surface area contributed by atoms with Gasteiger partial charge in [0.15, 0.2) is 11.6 Å². The first kappa shape index (κ1) is 17.7. The summed E-state index contributed by atoms with van der Waals surface area (Å²) in [6, 6.07) is 9.92. The second-order valence-electron chi connectivity index (χ2n) is 7.53. The van der Waals surface area contributed by atoms with E-state index in [1.54, 1.807) is 23.5 Å². The third-order valence-electron chi connectivity index (χ3n) is 6.10. The van der Waals surface area contributed by atoms with E-state index >= 15 is 0 Å². The number of hydrogen-bond acceptors (Lipinski definition) is 6. The Balaban J connectivity index is 1.67. The van der Waals surface area contributed by atoms with Crippen LogP contribution in [0.15, 0.2) is 48.9 Å². The monoisotopic (exact) mass is 386 g/mol. The molecule has 1 amide bonds. The maximum Gasteiger partial charge on any atom is 0.252 e. The van der Waals surface area contributed by atoms with Crippen molar-refractivity contribution < 1.29 is 4.79 Å². The van der Waals surface area contributed by atoms with Gasteiger partial charge in [-0.05, 0) is 19.3 Å². The number of rotatable bonds is 3. The van der Waals surface area contributed by atoms with Crippen molar-refractivity contribution in [2.24, 2.45) is 0 Å². The van der Waals surface area contributed by atoms with Crippen LogP contribution in [0.5, 0.6) is 0 Å². The summed E-state index contributed by atoms with van der Waals surface area (Å²) in [5.41, 5.74) is 2.60. The summed E-state index contributed by atoms with van der Waals surface area (Å²) in [4.78, 5) is 35.6. The molecular weight excluding hydrogens is 364 g/mol. The number of benzene rings is 1. The molecule has 1 saturated heterocycles. The minimum Gasteiger partial charge on any atom is -0.340 e. The van der Waals surface area contributed by atoms with Gasteiger partial charge >= 0.3 is 0 Å². The highest BCUT2D eigenvalue weighted by atomic mass is 16.2. The smallest absolute Gasteiger partial charge is 0.252 e. The van der Waals surface area contributed by atoms with Crippen LogP contribution in [0.2, 0.25) is 0 Å². The van der Waals surface area contributed by atoms with Crippen LogP contribution in [-0.4, -0.2) is 45.0 Å². The molecule has 7 heteroatoms. The van der Waals surface area contributed by atoms with E-state index in [-0.39, 0.29) is 5.91 Å². The number of aromatic nitrogens is 4. The largest absolute Gasteiger partial charge is 0.340 e. The van der Waals surface area contributed by atoms with Crippen molar-refractivity contribution in [3.05, 3.63) is 48.9 Å². The molecule has 0 aliphatic carbocycles. The lowest BCUT2D eigenvalue weighted by molar-refractivity contribution is -0.123. The fourth-order valence-electron chi connectivity index (χ4n) is 4.57. The molecule has 1 fully saturated rings. The Hall–Kier alpha value is -3.35. The van der Waals surface area contributed by atoms with Crippen molar-refractivity contribution in [2.75, 3.05) is 23.4 Å². The first-order chi connectivity index (χ1) is 14.2. The quantitative estimate of drug-likeness (QED) is 0.687. The molecule has 7 nitrogen and oxygen atoms in total. The predicted molar refractivity (Wildman–Crippen MR) is 112 cm³/mol. The van der Waals surface area contributed by atoms with Crippen molar-refractivity contribution >= 4 is 17.4 Å². The van der Waals surface area contributed by atoms with Gasteiger partial charge in [-0.3, -0.25) is 9.78 Å². The molecule has 29 heavy (non-hydrogen) atoms. The van der Waals surface area contributed by atoms with Crippen LogP contribution in [0.3, 0.4) is 0 Å². The second kappa shape index (κ2) is 6.62. The summed E-state index contributed by atoms with van der Waals surface area (Å²) in [6.07, 6.45) is 7.66. The molecule has 2 aliphatic heterocycles. The third kappa shape index (κ3) is 2.53. The molecule has 5 rings (SSSR count). The van der Waals surface area contributed by atoms with Gasteiger partial charge in [0.1, 0.15) is 16.9 Å². The Labute approximate surface area is 169 Å². The molecule has 2 aromatic heterocycles. The average molecular weight is 386 g/mol. The van der Waals surface area contributed by atoms with E-state index in [9.17, 15) is 4.79 Å². The number of nitrogens with zero attached hydrogens (tertiary/aromatic N) is 6. The van der Waals surface area contributed by atoms with Crippen LogP contribution < -0.4 is 9.80 Å². The van der Waals surface area contributed by atoms with E-state index < -0.39 is 5.54 Å². The highest BCUT2D eigenvalue weighted by molar-refractivity contribution is 6.07. The average Bonchev–Trinajstić information content (AvgIpc) is 3.23. The maximum absolute atomic E-state index is 13.1.